The van der Waals surface area contributed by atoms with Crippen molar-refractivity contribution in [3.8, 4) is 0 Å². The number of carbonyl (C=O) groups excluding carboxylic acids is 3. The van der Waals surface area contributed by atoms with Gasteiger partial charge in [-0.05, 0) is 43.0 Å². The van der Waals surface area contributed by atoms with Crippen molar-refractivity contribution in [2.45, 2.75) is 17.9 Å². The molecule has 2 N–H and O–H groups in total. The molecule has 8 nitrogen and oxygen atoms in total. The highest BCUT2D eigenvalue weighted by atomic mass is 32.2. The number of aliphatic hydroxyl groups is 2. The number of amidine groups is 1. The fourth-order valence-electron chi connectivity index (χ4n) is 4.42. The largest absolute Gasteiger partial charge is 0.507 e. The van der Waals surface area contributed by atoms with E-state index in [0.29, 0.717) is 11.4 Å². The number of nitrogens with zero attached hydrogens (tertiary/aromatic N) is 3. The normalized spacial score (nSPS) is 22.9. The zero-order valence-corrected chi connectivity index (χ0v) is 20.6. The summed E-state index contributed by atoms with van der Waals surface area (Å²) in [6.45, 7) is 1.17. The lowest BCUT2D eigenvalue weighted by molar-refractivity contribution is -0.142. The molecule has 0 saturated carbocycles. The molecule has 0 radical (unpaired) electrons. The van der Waals surface area contributed by atoms with Gasteiger partial charge in [0.25, 0.3) is 17.6 Å². The third-order valence-corrected chi connectivity index (χ3v) is 7.39. The van der Waals surface area contributed by atoms with Crippen molar-refractivity contribution in [2.75, 3.05) is 11.4 Å². The second-order valence-corrected chi connectivity index (χ2v) is 9.80. The molecule has 2 unspecified atom stereocenters. The number of benzene rings is 3. The molecule has 2 aliphatic rings. The Labute approximate surface area is 217 Å². The molecule has 1 spiro atoms. The summed E-state index contributed by atoms with van der Waals surface area (Å²) in [7, 11) is 0. The van der Waals surface area contributed by atoms with Gasteiger partial charge < -0.3 is 15.1 Å². The molecule has 3 aromatic rings. The van der Waals surface area contributed by atoms with Crippen LogP contribution in [0, 0.1) is 0 Å². The summed E-state index contributed by atoms with van der Waals surface area (Å²) in [5.41, 5.74) is 0.976. The van der Waals surface area contributed by atoms with E-state index in [1.807, 2.05) is 6.07 Å². The lowest BCUT2D eigenvalue weighted by Gasteiger charge is -2.32. The average molecular weight is 514 g/mol. The van der Waals surface area contributed by atoms with Crippen LogP contribution in [0.5, 0.6) is 0 Å². The molecule has 2 fully saturated rings. The van der Waals surface area contributed by atoms with Crippen molar-refractivity contribution in [3.05, 3.63) is 102 Å². The number of anilines is 1. The highest BCUT2D eigenvalue weighted by Crippen LogP contribution is 2.52. The van der Waals surface area contributed by atoms with Crippen LogP contribution >= 0.6 is 11.8 Å². The van der Waals surface area contributed by atoms with Crippen molar-refractivity contribution in [2.24, 2.45) is 4.99 Å². The summed E-state index contributed by atoms with van der Waals surface area (Å²) in [6, 6.07) is 26.0. The zero-order valence-electron chi connectivity index (χ0n) is 19.8. The van der Waals surface area contributed by atoms with Gasteiger partial charge in [0.05, 0.1) is 23.1 Å². The topological polar surface area (TPSA) is 111 Å². The fraction of sp³-hybridized carbons (Fsp3) is 0.143. The molecule has 0 aliphatic carbocycles. The molecular formula is C28H23N3O5S. The number of likely N-dealkylation sites (tertiary alicyclic amines) is 1. The number of thioether (sulfide) groups is 1. The summed E-state index contributed by atoms with van der Waals surface area (Å²) < 4.78 is 0. The summed E-state index contributed by atoms with van der Waals surface area (Å²) >= 11 is 0.897. The van der Waals surface area contributed by atoms with Crippen LogP contribution in [0.25, 0.3) is 5.76 Å². The second-order valence-electron chi connectivity index (χ2n) is 8.64. The molecule has 2 amide bonds. The number of rotatable bonds is 5. The molecule has 2 saturated heterocycles. The molecular weight excluding hydrogens is 490 g/mol. The number of hydrogen-bond acceptors (Lipinski definition) is 7. The van der Waals surface area contributed by atoms with Gasteiger partial charge in [0.1, 0.15) is 5.76 Å². The number of hydrogen-bond donors (Lipinski definition) is 2. The fourth-order valence-corrected chi connectivity index (χ4v) is 5.86. The Morgan fingerprint density at radius 3 is 2.08 bits per heavy atom. The Morgan fingerprint density at radius 2 is 1.49 bits per heavy atom. The van der Waals surface area contributed by atoms with Crippen molar-refractivity contribution in [3.63, 3.8) is 0 Å². The predicted molar refractivity (Wildman–Crippen MR) is 142 cm³/mol. The summed E-state index contributed by atoms with van der Waals surface area (Å²) in [5, 5.41) is 21.8. The Morgan fingerprint density at radius 1 is 0.919 bits per heavy atom. The summed E-state index contributed by atoms with van der Waals surface area (Å²) in [4.78, 5) is 46.2. The van der Waals surface area contributed by atoms with Crippen LogP contribution in [0.1, 0.15) is 12.5 Å². The Kier molecular flexibility index (Phi) is 6.41. The number of amides is 2. The predicted octanol–water partition coefficient (Wildman–Crippen LogP) is 3.91. The van der Waals surface area contributed by atoms with Gasteiger partial charge >= 0.3 is 0 Å². The lowest BCUT2D eigenvalue weighted by atomic mass is 9.99. The van der Waals surface area contributed by atoms with Crippen LogP contribution in [0.3, 0.4) is 0 Å². The van der Waals surface area contributed by atoms with E-state index < -0.39 is 34.3 Å². The maximum atomic E-state index is 14.4. The van der Waals surface area contributed by atoms with E-state index in [-0.39, 0.29) is 22.8 Å². The molecule has 3 aromatic carbocycles. The van der Waals surface area contributed by atoms with Crippen molar-refractivity contribution >= 4 is 51.7 Å². The first-order valence-electron chi connectivity index (χ1n) is 11.6. The smallest absolute Gasteiger partial charge is 0.296 e. The molecule has 2 atom stereocenters. The second kappa shape index (κ2) is 9.68. The van der Waals surface area contributed by atoms with Crippen LogP contribution in [-0.4, -0.2) is 55.4 Å². The van der Waals surface area contributed by atoms with E-state index >= 15 is 0 Å². The van der Waals surface area contributed by atoms with Crippen LogP contribution in [0.15, 0.2) is 102 Å². The molecule has 2 heterocycles. The minimum Gasteiger partial charge on any atom is -0.507 e. The number of Topliss-reactive ketones (excluding diaryl/α,β-unsaturated/α-hetero) is 1. The van der Waals surface area contributed by atoms with E-state index in [1.165, 1.54) is 11.8 Å². The van der Waals surface area contributed by atoms with Crippen molar-refractivity contribution in [1.29, 1.82) is 0 Å². The molecule has 9 heteroatoms. The minimum absolute atomic E-state index is 0.221. The van der Waals surface area contributed by atoms with Gasteiger partial charge in [0.15, 0.2) is 5.17 Å². The lowest BCUT2D eigenvalue weighted by Crippen LogP contribution is -2.53. The minimum atomic E-state index is -1.96. The van der Waals surface area contributed by atoms with Gasteiger partial charge in [-0.2, -0.15) is 0 Å². The van der Waals surface area contributed by atoms with Crippen molar-refractivity contribution in [1.82, 2.24) is 4.90 Å². The molecule has 0 aromatic heterocycles. The van der Waals surface area contributed by atoms with E-state index in [0.717, 1.165) is 16.7 Å². The van der Waals surface area contributed by atoms with E-state index in [9.17, 15) is 24.6 Å². The quantitative estimate of drug-likeness (QED) is 0.304. The molecule has 186 valence electrons. The summed E-state index contributed by atoms with van der Waals surface area (Å²) in [6.07, 6.45) is -1.04. The van der Waals surface area contributed by atoms with Gasteiger partial charge in [-0.3, -0.25) is 19.3 Å². The SMILES string of the molecule is CC(O)CN1C(=O)C(=O)/C(=C(/O)c2ccccc2)C12SC(=Nc1ccccc1)N(c1ccccc1)C2=O. The number of aliphatic imine (C=N–C) groups is 1. The van der Waals surface area contributed by atoms with Gasteiger partial charge in [-0.15, -0.1) is 0 Å². The highest BCUT2D eigenvalue weighted by Gasteiger charge is 2.68. The Bertz CT molecular complexity index is 1420. The van der Waals surface area contributed by atoms with Gasteiger partial charge in [0, 0.05) is 12.1 Å². The van der Waals surface area contributed by atoms with Gasteiger partial charge in [-0.1, -0.05) is 66.7 Å². The van der Waals surface area contributed by atoms with Crippen molar-refractivity contribution < 1.29 is 24.6 Å². The molecule has 37 heavy (non-hydrogen) atoms. The number of β-amino-alcohol motifs (C(OH)–C–C–N with tert-alkyl or cyclic N) is 1. The number of carbonyl (C=O) groups is 3. The van der Waals surface area contributed by atoms with E-state index in [4.69, 9.17) is 0 Å². The number of ketones is 1. The first-order chi connectivity index (χ1) is 17.8. The van der Waals surface area contributed by atoms with Crippen LogP contribution in [0.4, 0.5) is 11.4 Å². The van der Waals surface area contributed by atoms with Crippen LogP contribution in [0.2, 0.25) is 0 Å². The Hall–Kier alpha value is -4.21. The highest BCUT2D eigenvalue weighted by molar-refractivity contribution is 8.17. The third-order valence-electron chi connectivity index (χ3n) is 6.03. The average Bonchev–Trinajstić information content (AvgIpc) is 3.30. The molecule has 5 rings (SSSR count). The van der Waals surface area contributed by atoms with E-state index in [2.05, 4.69) is 4.99 Å². The maximum absolute atomic E-state index is 14.4. The Balaban J connectivity index is 1.78. The van der Waals surface area contributed by atoms with Gasteiger partial charge in [0.2, 0.25) is 4.87 Å². The first kappa shape index (κ1) is 24.5. The zero-order chi connectivity index (χ0) is 26.2. The van der Waals surface area contributed by atoms with Crippen LogP contribution in [-0.2, 0) is 14.4 Å². The van der Waals surface area contributed by atoms with E-state index in [1.54, 1.807) is 84.9 Å². The standard InChI is InChI=1S/C28H23N3O5S/c1-18(32)17-30-25(35)24(34)22(23(33)19-11-5-2-6-12-19)28(30)26(36)31(21-15-9-4-10-16-21)27(37-28)29-20-13-7-3-8-14-20/h2-16,18,32-33H,17H2,1H3/b23-22-,29-27?. The number of aliphatic hydroxyl groups excluding tert-OH is 2. The third kappa shape index (κ3) is 4.12. The molecule has 2 aliphatic heterocycles. The monoisotopic (exact) mass is 513 g/mol. The number of para-hydroxylation sites is 2. The van der Waals surface area contributed by atoms with Crippen LogP contribution < -0.4 is 4.90 Å². The molecule has 0 bridgehead atoms. The summed E-state index contributed by atoms with van der Waals surface area (Å²) in [5.74, 6) is -3.09. The first-order valence-corrected chi connectivity index (χ1v) is 12.4. The van der Waals surface area contributed by atoms with Gasteiger partial charge in [-0.25, -0.2) is 4.99 Å². The maximum Gasteiger partial charge on any atom is 0.296 e.